The van der Waals surface area contributed by atoms with Crippen molar-refractivity contribution in [1.82, 2.24) is 9.55 Å². The number of hydrogen-bond donors (Lipinski definition) is 1. The zero-order chi connectivity index (χ0) is 33.8. The van der Waals surface area contributed by atoms with E-state index < -0.39 is 5.79 Å². The minimum atomic E-state index is -1.67. The van der Waals surface area contributed by atoms with E-state index >= 15 is 0 Å². The smallest absolute Gasteiger partial charge is 0.219 e. The van der Waals surface area contributed by atoms with Crippen LogP contribution in [0.25, 0.3) is 39.5 Å². The lowest BCUT2D eigenvalue weighted by Gasteiger charge is -2.33. The largest absolute Gasteiger partial charge is 0.285 e. The molecule has 1 aromatic heterocycles. The first-order valence-electron chi connectivity index (χ1n) is 15.9. The molecule has 238 valence electrons. The summed E-state index contributed by atoms with van der Waals surface area (Å²) in [5.41, 5.74) is 15.5. The summed E-state index contributed by atoms with van der Waals surface area (Å²) in [6.07, 6.45) is 0. The second-order valence-corrected chi connectivity index (χ2v) is 12.4. The van der Waals surface area contributed by atoms with Gasteiger partial charge in [0.05, 0.1) is 22.1 Å². The summed E-state index contributed by atoms with van der Waals surface area (Å²) in [6.45, 7) is 4.56. The number of aliphatic imine (C=N–C) groups is 1. The maximum absolute atomic E-state index is 7.88. The van der Waals surface area contributed by atoms with Gasteiger partial charge in [0.15, 0.2) is 0 Å². The average molecular weight is 676 g/mol. The average Bonchev–Trinajstić information content (AvgIpc) is 3.57. The number of rotatable bonds is 9. The van der Waals surface area contributed by atoms with Crippen LogP contribution in [0.15, 0.2) is 181 Å². The molecule has 1 heterocycles. The van der Waals surface area contributed by atoms with Crippen molar-refractivity contribution in [2.75, 3.05) is 0 Å². The Morgan fingerprint density at radius 2 is 1.08 bits per heavy atom. The first-order chi connectivity index (χ1) is 24.0. The highest BCUT2D eigenvalue weighted by atomic mass is 35.5. The van der Waals surface area contributed by atoms with Gasteiger partial charge in [-0.25, -0.2) is 9.98 Å². The molecule has 0 amide bonds. The Hall–Kier alpha value is -5.52. The van der Waals surface area contributed by atoms with Crippen LogP contribution in [0, 0.1) is 0 Å². The first kappa shape index (κ1) is 32.0. The number of imidazole rings is 1. The second-order valence-electron chi connectivity index (χ2n) is 11.6. The molecule has 0 aliphatic carbocycles. The van der Waals surface area contributed by atoms with Crippen molar-refractivity contribution in [3.63, 3.8) is 0 Å². The molecule has 1 atom stereocenters. The van der Waals surface area contributed by atoms with Crippen LogP contribution in [-0.2, 0) is 5.79 Å². The van der Waals surface area contributed by atoms with Crippen molar-refractivity contribution in [3.05, 3.63) is 203 Å². The molecule has 0 aliphatic heterocycles. The van der Waals surface area contributed by atoms with E-state index in [1.807, 2.05) is 174 Å². The maximum atomic E-state index is 7.88. The monoisotopic (exact) mass is 674 g/mol. The fourth-order valence-electron chi connectivity index (χ4n) is 6.07. The van der Waals surface area contributed by atoms with Gasteiger partial charge in [0.25, 0.3) is 0 Å². The summed E-state index contributed by atoms with van der Waals surface area (Å²) in [7, 11) is 0. The molecule has 1 unspecified atom stereocenters. The third-order valence-corrected chi connectivity index (χ3v) is 9.09. The van der Waals surface area contributed by atoms with Crippen LogP contribution in [-0.4, -0.2) is 15.3 Å². The van der Waals surface area contributed by atoms with Crippen molar-refractivity contribution in [2.45, 2.75) is 5.79 Å². The summed E-state index contributed by atoms with van der Waals surface area (Å²) in [4.78, 5) is 10.9. The number of halogens is 2. The molecule has 6 aromatic carbocycles. The number of nitrogens with zero attached hydrogens (tertiary/aromatic N) is 3. The lowest BCUT2D eigenvalue weighted by atomic mass is 9.96. The van der Waals surface area contributed by atoms with Crippen LogP contribution < -0.4 is 5.73 Å². The van der Waals surface area contributed by atoms with Crippen molar-refractivity contribution < 1.29 is 0 Å². The molecule has 0 aliphatic rings. The normalized spacial score (nSPS) is 12.8. The van der Waals surface area contributed by atoms with Crippen LogP contribution in [0.3, 0.4) is 0 Å². The highest BCUT2D eigenvalue weighted by Crippen LogP contribution is 2.44. The Balaban J connectivity index is 1.66. The number of benzene rings is 6. The van der Waals surface area contributed by atoms with Crippen molar-refractivity contribution >= 4 is 34.5 Å². The standard InChI is InChI=1S/C43H32Cl2N4/c1-30(31-18-6-2-7-19-31)39(32-20-8-3-9-21-32)48-43(46,36-27-15-17-29-38(36)45)49-41(34-24-12-5-13-25-34)40(33-22-10-4-11-23-33)47-42(49)35-26-14-16-28-37(35)44/h2-29H,1,46H2. The van der Waals surface area contributed by atoms with E-state index in [2.05, 4.69) is 6.58 Å². The Kier molecular flexibility index (Phi) is 9.10. The number of hydrogen-bond acceptors (Lipinski definition) is 3. The van der Waals surface area contributed by atoms with E-state index in [1.165, 1.54) is 0 Å². The number of nitrogens with two attached hydrogens (primary N) is 1. The molecule has 6 heteroatoms. The van der Waals surface area contributed by atoms with Crippen LogP contribution >= 0.6 is 23.2 Å². The Bertz CT molecular complexity index is 2260. The van der Waals surface area contributed by atoms with Crippen LogP contribution in [0.4, 0.5) is 0 Å². The lowest BCUT2D eigenvalue weighted by molar-refractivity contribution is 0.397. The molecular weight excluding hydrogens is 643 g/mol. The summed E-state index contributed by atoms with van der Waals surface area (Å²) < 4.78 is 1.98. The minimum absolute atomic E-state index is 0.450. The number of allylic oxidation sites excluding steroid dienone is 1. The molecule has 0 bridgehead atoms. The van der Waals surface area contributed by atoms with E-state index in [0.29, 0.717) is 38.3 Å². The Morgan fingerprint density at radius 1 is 0.592 bits per heavy atom. The topological polar surface area (TPSA) is 56.2 Å². The Morgan fingerprint density at radius 3 is 1.67 bits per heavy atom. The van der Waals surface area contributed by atoms with Gasteiger partial charge in [-0.1, -0.05) is 181 Å². The molecule has 2 N–H and O–H groups in total. The molecular formula is C43H32Cl2N4. The molecule has 0 fully saturated rings. The van der Waals surface area contributed by atoms with Crippen LogP contribution in [0.5, 0.6) is 0 Å². The zero-order valence-electron chi connectivity index (χ0n) is 26.5. The second kappa shape index (κ2) is 13.9. The molecule has 0 saturated carbocycles. The molecule has 4 nitrogen and oxygen atoms in total. The summed E-state index contributed by atoms with van der Waals surface area (Å²) in [5.74, 6) is -1.13. The lowest BCUT2D eigenvalue weighted by Crippen LogP contribution is -2.44. The van der Waals surface area contributed by atoms with E-state index in [4.69, 9.17) is 38.9 Å². The van der Waals surface area contributed by atoms with Gasteiger partial charge in [0, 0.05) is 38.4 Å². The number of aromatic nitrogens is 2. The van der Waals surface area contributed by atoms with Gasteiger partial charge in [-0.15, -0.1) is 0 Å². The van der Waals surface area contributed by atoms with E-state index in [9.17, 15) is 0 Å². The van der Waals surface area contributed by atoms with Gasteiger partial charge in [-0.05, 0) is 23.8 Å². The van der Waals surface area contributed by atoms with E-state index in [-0.39, 0.29) is 0 Å². The van der Waals surface area contributed by atoms with E-state index in [0.717, 1.165) is 33.6 Å². The predicted molar refractivity (Wildman–Crippen MR) is 205 cm³/mol. The summed E-state index contributed by atoms with van der Waals surface area (Å²) in [5, 5.41) is 0.973. The highest BCUT2D eigenvalue weighted by Gasteiger charge is 2.39. The van der Waals surface area contributed by atoms with Crippen LogP contribution in [0.2, 0.25) is 10.0 Å². The summed E-state index contributed by atoms with van der Waals surface area (Å²) >= 11 is 14.1. The van der Waals surface area contributed by atoms with Crippen LogP contribution in [0.1, 0.15) is 16.7 Å². The molecule has 7 rings (SSSR count). The maximum Gasteiger partial charge on any atom is 0.219 e. The molecule has 49 heavy (non-hydrogen) atoms. The summed E-state index contributed by atoms with van der Waals surface area (Å²) in [6, 6.07) is 55.3. The van der Waals surface area contributed by atoms with Crippen molar-refractivity contribution in [3.8, 4) is 33.9 Å². The molecule has 0 spiro atoms. The van der Waals surface area contributed by atoms with Gasteiger partial charge in [-0.3, -0.25) is 10.3 Å². The highest BCUT2D eigenvalue weighted by molar-refractivity contribution is 6.33. The quantitative estimate of drug-likeness (QED) is 0.155. The van der Waals surface area contributed by atoms with E-state index in [1.54, 1.807) is 0 Å². The minimum Gasteiger partial charge on any atom is -0.285 e. The van der Waals surface area contributed by atoms with Gasteiger partial charge in [0.1, 0.15) is 5.82 Å². The Labute approximate surface area is 296 Å². The van der Waals surface area contributed by atoms with Crippen molar-refractivity contribution in [2.24, 2.45) is 10.7 Å². The van der Waals surface area contributed by atoms with Crippen molar-refractivity contribution in [1.29, 1.82) is 0 Å². The third-order valence-electron chi connectivity index (χ3n) is 8.44. The first-order valence-corrected chi connectivity index (χ1v) is 16.6. The zero-order valence-corrected chi connectivity index (χ0v) is 28.1. The molecule has 0 radical (unpaired) electrons. The fraction of sp³-hybridized carbons (Fsp3) is 0.0233. The third kappa shape index (κ3) is 6.26. The molecule has 7 aromatic rings. The fourth-order valence-corrected chi connectivity index (χ4v) is 6.57. The van der Waals surface area contributed by atoms with Gasteiger partial charge in [-0.2, -0.15) is 0 Å². The molecule has 0 saturated heterocycles. The van der Waals surface area contributed by atoms with Gasteiger partial charge >= 0.3 is 0 Å². The van der Waals surface area contributed by atoms with Gasteiger partial charge in [0.2, 0.25) is 5.79 Å². The SMILES string of the molecule is C=C(C(=NC(N)(c1ccccc1Cl)n1c(-c2ccccc2Cl)nc(-c2ccccc2)c1-c1ccccc1)c1ccccc1)c1ccccc1. The van der Waals surface area contributed by atoms with Gasteiger partial charge < -0.3 is 0 Å². The predicted octanol–water partition coefficient (Wildman–Crippen LogP) is 11.0.